The number of nitrogens with one attached hydrogen (secondary N) is 1. The number of carbonyl (C=O) groups excluding carboxylic acids is 1. The van der Waals surface area contributed by atoms with Crippen LogP contribution >= 0.6 is 0 Å². The summed E-state index contributed by atoms with van der Waals surface area (Å²) in [4.78, 5) is 22.2. The Labute approximate surface area is 131 Å². The molecule has 0 aliphatic heterocycles. The summed E-state index contributed by atoms with van der Waals surface area (Å²) in [6, 6.07) is 10.1. The van der Waals surface area contributed by atoms with Gasteiger partial charge in [-0.25, -0.2) is 5.43 Å². The highest BCUT2D eigenvalue weighted by Gasteiger charge is 2.18. The second-order valence-corrected chi connectivity index (χ2v) is 4.40. The number of hydrazone groups is 1. The Morgan fingerprint density at radius 3 is 2.78 bits per heavy atom. The van der Waals surface area contributed by atoms with Crippen LogP contribution in [0.3, 0.4) is 0 Å². The van der Waals surface area contributed by atoms with Crippen molar-refractivity contribution in [2.75, 3.05) is 7.11 Å². The third kappa shape index (κ3) is 3.82. The van der Waals surface area contributed by atoms with Gasteiger partial charge in [0.1, 0.15) is 5.56 Å². The van der Waals surface area contributed by atoms with Gasteiger partial charge in [0.15, 0.2) is 11.5 Å². The van der Waals surface area contributed by atoms with Crippen LogP contribution in [-0.4, -0.2) is 29.3 Å². The van der Waals surface area contributed by atoms with Crippen LogP contribution in [0.1, 0.15) is 15.9 Å². The number of para-hydroxylation sites is 1. The Morgan fingerprint density at radius 1 is 1.35 bits per heavy atom. The topological polar surface area (TPSA) is 114 Å². The first kappa shape index (κ1) is 16.0. The van der Waals surface area contributed by atoms with Crippen molar-refractivity contribution in [2.45, 2.75) is 0 Å². The van der Waals surface area contributed by atoms with E-state index in [1.165, 1.54) is 49.7 Å². The molecule has 0 aliphatic rings. The van der Waals surface area contributed by atoms with Gasteiger partial charge in [0.05, 0.1) is 18.2 Å². The van der Waals surface area contributed by atoms with Gasteiger partial charge in [-0.05, 0) is 29.8 Å². The lowest BCUT2D eigenvalue weighted by Crippen LogP contribution is -2.18. The molecule has 0 aromatic heterocycles. The van der Waals surface area contributed by atoms with E-state index >= 15 is 0 Å². The summed E-state index contributed by atoms with van der Waals surface area (Å²) >= 11 is 0. The molecule has 2 N–H and O–H groups in total. The second kappa shape index (κ2) is 7.03. The molecule has 23 heavy (non-hydrogen) atoms. The van der Waals surface area contributed by atoms with Gasteiger partial charge in [0.25, 0.3) is 11.6 Å². The Kier molecular flexibility index (Phi) is 4.88. The predicted molar refractivity (Wildman–Crippen MR) is 82.8 cm³/mol. The first-order valence-corrected chi connectivity index (χ1v) is 6.46. The Balaban J connectivity index is 2.12. The maximum Gasteiger partial charge on any atom is 0.282 e. The molecule has 8 heteroatoms. The van der Waals surface area contributed by atoms with E-state index in [4.69, 9.17) is 4.74 Å². The monoisotopic (exact) mass is 315 g/mol. The lowest BCUT2D eigenvalue weighted by molar-refractivity contribution is -0.385. The van der Waals surface area contributed by atoms with Crippen molar-refractivity contribution in [3.63, 3.8) is 0 Å². The first-order valence-electron chi connectivity index (χ1n) is 6.46. The van der Waals surface area contributed by atoms with Crippen molar-refractivity contribution in [3.05, 3.63) is 63.7 Å². The summed E-state index contributed by atoms with van der Waals surface area (Å²) in [6.07, 6.45) is 1.33. The average Bonchev–Trinajstić information content (AvgIpc) is 2.56. The number of carbonyl (C=O) groups is 1. The Morgan fingerprint density at radius 2 is 2.09 bits per heavy atom. The van der Waals surface area contributed by atoms with E-state index in [0.717, 1.165) is 0 Å². The van der Waals surface area contributed by atoms with Crippen LogP contribution in [0, 0.1) is 10.1 Å². The van der Waals surface area contributed by atoms with Crippen molar-refractivity contribution in [1.29, 1.82) is 0 Å². The van der Waals surface area contributed by atoms with Crippen molar-refractivity contribution in [3.8, 4) is 11.5 Å². The van der Waals surface area contributed by atoms with E-state index in [2.05, 4.69) is 10.5 Å². The molecule has 0 aliphatic carbocycles. The van der Waals surface area contributed by atoms with E-state index in [1.54, 1.807) is 6.07 Å². The van der Waals surface area contributed by atoms with Crippen LogP contribution in [0.2, 0.25) is 0 Å². The number of nitrogens with zero attached hydrogens (tertiary/aromatic N) is 2. The summed E-state index contributed by atoms with van der Waals surface area (Å²) < 4.78 is 4.95. The van der Waals surface area contributed by atoms with E-state index in [1.807, 2.05) is 0 Å². The quantitative estimate of drug-likeness (QED) is 0.498. The molecule has 0 saturated heterocycles. The fourth-order valence-electron chi connectivity index (χ4n) is 1.83. The zero-order valence-corrected chi connectivity index (χ0v) is 12.1. The molecule has 0 unspecified atom stereocenters. The molecule has 0 bridgehead atoms. The molecule has 0 atom stereocenters. The Hall–Kier alpha value is -3.42. The summed E-state index contributed by atoms with van der Waals surface area (Å²) in [6.45, 7) is 0. The number of phenols is 1. The molecule has 2 rings (SSSR count). The lowest BCUT2D eigenvalue weighted by Gasteiger charge is -2.03. The number of aromatic hydroxyl groups is 1. The van der Waals surface area contributed by atoms with Crippen LogP contribution < -0.4 is 10.2 Å². The van der Waals surface area contributed by atoms with Crippen LogP contribution in [0.4, 0.5) is 5.69 Å². The van der Waals surface area contributed by atoms with Gasteiger partial charge >= 0.3 is 0 Å². The molecule has 0 radical (unpaired) electrons. The highest BCUT2D eigenvalue weighted by atomic mass is 16.6. The standard InChI is InChI=1S/C15H13N3O5/c1-23-14-8-10(6-7-13(14)19)9-16-17-15(20)11-4-2-3-5-12(11)18(21)22/h2-9,19H,1H3,(H,17,20)/b16-9-. The first-order chi connectivity index (χ1) is 11.0. The number of ether oxygens (including phenoxy) is 1. The van der Waals surface area contributed by atoms with Gasteiger partial charge in [-0.3, -0.25) is 14.9 Å². The largest absolute Gasteiger partial charge is 0.504 e. The smallest absolute Gasteiger partial charge is 0.282 e. The molecule has 8 nitrogen and oxygen atoms in total. The third-order valence-electron chi connectivity index (χ3n) is 2.93. The summed E-state index contributed by atoms with van der Waals surface area (Å²) in [5.41, 5.74) is 2.40. The molecule has 0 saturated carbocycles. The van der Waals surface area contributed by atoms with Crippen LogP contribution in [0.15, 0.2) is 47.6 Å². The maximum atomic E-state index is 11.9. The molecule has 0 spiro atoms. The molecule has 2 aromatic carbocycles. The number of rotatable bonds is 5. The minimum atomic E-state index is -0.695. The zero-order valence-electron chi connectivity index (χ0n) is 12.1. The van der Waals surface area contributed by atoms with Crippen molar-refractivity contribution < 1.29 is 19.6 Å². The molecular weight excluding hydrogens is 302 g/mol. The van der Waals surface area contributed by atoms with Crippen molar-refractivity contribution >= 4 is 17.8 Å². The van der Waals surface area contributed by atoms with Crippen LogP contribution in [0.25, 0.3) is 0 Å². The number of methoxy groups -OCH3 is 1. The summed E-state index contributed by atoms with van der Waals surface area (Å²) in [5, 5.41) is 24.1. The van der Waals surface area contributed by atoms with Crippen molar-refractivity contribution in [2.24, 2.45) is 5.10 Å². The highest BCUT2D eigenvalue weighted by molar-refractivity contribution is 5.98. The average molecular weight is 315 g/mol. The summed E-state index contributed by atoms with van der Waals surface area (Å²) in [7, 11) is 1.41. The number of benzene rings is 2. The molecular formula is C15H13N3O5. The van der Waals surface area contributed by atoms with E-state index in [-0.39, 0.29) is 22.7 Å². The number of phenolic OH excluding ortho intramolecular Hbond substituents is 1. The minimum Gasteiger partial charge on any atom is -0.504 e. The van der Waals surface area contributed by atoms with Gasteiger partial charge in [-0.1, -0.05) is 12.1 Å². The fourth-order valence-corrected chi connectivity index (χ4v) is 1.83. The van der Waals surface area contributed by atoms with Gasteiger partial charge < -0.3 is 9.84 Å². The molecule has 118 valence electrons. The van der Waals surface area contributed by atoms with Crippen LogP contribution in [0.5, 0.6) is 11.5 Å². The zero-order chi connectivity index (χ0) is 16.8. The normalized spacial score (nSPS) is 10.5. The summed E-state index contributed by atoms with van der Waals surface area (Å²) in [5.74, 6) is -0.452. The highest BCUT2D eigenvalue weighted by Crippen LogP contribution is 2.25. The van der Waals surface area contributed by atoms with Gasteiger partial charge in [0.2, 0.25) is 0 Å². The second-order valence-electron chi connectivity index (χ2n) is 4.40. The maximum absolute atomic E-state index is 11.9. The predicted octanol–water partition coefficient (Wildman–Crippen LogP) is 2.07. The number of nitro groups is 1. The third-order valence-corrected chi connectivity index (χ3v) is 2.93. The fraction of sp³-hybridized carbons (Fsp3) is 0.0667. The van der Waals surface area contributed by atoms with Gasteiger partial charge in [-0.15, -0.1) is 0 Å². The van der Waals surface area contributed by atoms with E-state index in [9.17, 15) is 20.0 Å². The number of amides is 1. The van der Waals surface area contributed by atoms with Crippen LogP contribution in [-0.2, 0) is 0 Å². The number of hydrogen-bond acceptors (Lipinski definition) is 6. The Bertz CT molecular complexity index is 773. The molecule has 0 heterocycles. The number of hydrogen-bond donors (Lipinski definition) is 2. The number of nitro benzene ring substituents is 1. The molecule has 1 amide bonds. The SMILES string of the molecule is COc1cc(/C=N\NC(=O)c2ccccc2[N+](=O)[O-])ccc1O. The molecule has 2 aromatic rings. The van der Waals surface area contributed by atoms with E-state index in [0.29, 0.717) is 5.56 Å². The van der Waals surface area contributed by atoms with Gasteiger partial charge in [-0.2, -0.15) is 5.10 Å². The van der Waals surface area contributed by atoms with Gasteiger partial charge in [0, 0.05) is 6.07 Å². The molecule has 0 fully saturated rings. The lowest BCUT2D eigenvalue weighted by atomic mass is 10.2. The van der Waals surface area contributed by atoms with E-state index < -0.39 is 10.8 Å². The minimum absolute atomic E-state index is 0.0198. The van der Waals surface area contributed by atoms with Crippen molar-refractivity contribution in [1.82, 2.24) is 5.43 Å².